The summed E-state index contributed by atoms with van der Waals surface area (Å²) >= 11 is 0. The van der Waals surface area contributed by atoms with Gasteiger partial charge in [0.1, 0.15) is 11.6 Å². The Balaban J connectivity index is 2.17. The van der Waals surface area contributed by atoms with Gasteiger partial charge in [-0.15, -0.1) is 13.2 Å². The second-order valence-electron chi connectivity index (χ2n) is 11.6. The van der Waals surface area contributed by atoms with E-state index < -0.39 is 40.7 Å². The lowest BCUT2D eigenvalue weighted by Crippen LogP contribution is -2.61. The third kappa shape index (κ3) is 4.20. The van der Waals surface area contributed by atoms with Crippen molar-refractivity contribution < 1.29 is 24.2 Å². The molecule has 8 heteroatoms. The normalized spacial score (nSPS) is 31.8. The number of amides is 3. The summed E-state index contributed by atoms with van der Waals surface area (Å²) in [7, 11) is 0. The largest absolute Gasteiger partial charge is 0.394 e. The predicted octanol–water partition coefficient (Wildman–Crippen LogP) is 2.76. The highest BCUT2D eigenvalue weighted by Gasteiger charge is 2.79. The SMILES string of the molecule is C=CCN(CCC)C(=O)[C@@H]1[C@H]2C(=O)N([C@H](C)CO)C(C(=O)N(CC=C)C(C)(C)C)C23CC[C@@]1(CC)O3. The Morgan fingerprint density at radius 1 is 1.19 bits per heavy atom. The molecule has 1 N–H and O–H groups in total. The molecule has 3 saturated heterocycles. The molecule has 2 unspecified atom stereocenters. The number of carbonyl (C=O) groups is 3. The second kappa shape index (κ2) is 10.3. The van der Waals surface area contributed by atoms with Crippen LogP contribution in [-0.4, -0.2) is 92.6 Å². The third-order valence-corrected chi connectivity index (χ3v) is 8.40. The van der Waals surface area contributed by atoms with Gasteiger partial charge in [0, 0.05) is 25.2 Å². The van der Waals surface area contributed by atoms with Crippen molar-refractivity contribution in [2.24, 2.45) is 11.8 Å². The minimum Gasteiger partial charge on any atom is -0.394 e. The maximum Gasteiger partial charge on any atom is 0.249 e. The molecule has 0 aliphatic carbocycles. The lowest BCUT2D eigenvalue weighted by atomic mass is 9.64. The Morgan fingerprint density at radius 3 is 2.33 bits per heavy atom. The minimum atomic E-state index is -1.11. The van der Waals surface area contributed by atoms with Crippen LogP contribution in [0, 0.1) is 11.8 Å². The van der Waals surface area contributed by atoms with Crippen LogP contribution in [0.4, 0.5) is 0 Å². The average molecular weight is 504 g/mol. The number of ether oxygens (including phenoxy) is 1. The van der Waals surface area contributed by atoms with E-state index in [1.54, 1.807) is 28.9 Å². The fourth-order valence-corrected chi connectivity index (χ4v) is 6.76. The van der Waals surface area contributed by atoms with Crippen molar-refractivity contribution in [1.29, 1.82) is 0 Å². The van der Waals surface area contributed by atoms with Crippen LogP contribution in [0.25, 0.3) is 0 Å². The highest BCUT2D eigenvalue weighted by molar-refractivity contribution is 5.99. The van der Waals surface area contributed by atoms with Crippen molar-refractivity contribution in [2.45, 2.75) is 96.1 Å². The molecule has 2 bridgehead atoms. The molecule has 3 heterocycles. The molecule has 0 aromatic rings. The standard InChI is InChI=1S/C28H45N3O5/c1-9-15-29(16-10-2)23(33)20-21-24(34)31(19(5)18-32)22(25(35)30(17-11-3)26(6,7)8)28(21)14-13-27(20,12-4)36-28/h9,11,19-22,32H,1,3,10,12-18H2,2,4-8H3/t19-,20+,21+,22?,27-,28?/m1/s1. The van der Waals surface area contributed by atoms with Crippen molar-refractivity contribution in [3.63, 3.8) is 0 Å². The highest BCUT2D eigenvalue weighted by atomic mass is 16.5. The first-order valence-electron chi connectivity index (χ1n) is 13.4. The number of hydrogen-bond acceptors (Lipinski definition) is 5. The van der Waals surface area contributed by atoms with Crippen molar-refractivity contribution in [2.75, 3.05) is 26.2 Å². The molecule has 6 atom stereocenters. The van der Waals surface area contributed by atoms with Gasteiger partial charge < -0.3 is 24.5 Å². The summed E-state index contributed by atoms with van der Waals surface area (Å²) in [5.74, 6) is -2.05. The van der Waals surface area contributed by atoms with Gasteiger partial charge in [0.15, 0.2) is 0 Å². The summed E-state index contributed by atoms with van der Waals surface area (Å²) in [5, 5.41) is 10.1. The fraction of sp³-hybridized carbons (Fsp3) is 0.750. The molecule has 3 aliphatic heterocycles. The van der Waals surface area contributed by atoms with E-state index in [1.807, 2.05) is 34.6 Å². The monoisotopic (exact) mass is 503 g/mol. The fourth-order valence-electron chi connectivity index (χ4n) is 6.76. The molecule has 8 nitrogen and oxygen atoms in total. The van der Waals surface area contributed by atoms with Crippen molar-refractivity contribution in [1.82, 2.24) is 14.7 Å². The summed E-state index contributed by atoms with van der Waals surface area (Å²) in [4.78, 5) is 47.5. The molecule has 3 fully saturated rings. The van der Waals surface area contributed by atoms with E-state index >= 15 is 0 Å². The Morgan fingerprint density at radius 2 is 1.83 bits per heavy atom. The summed E-state index contributed by atoms with van der Waals surface area (Å²) in [6.07, 6.45) is 5.88. The molecular weight excluding hydrogens is 458 g/mol. The molecular formula is C28H45N3O5. The lowest BCUT2D eigenvalue weighted by molar-refractivity contribution is -0.159. The number of hydrogen-bond donors (Lipinski definition) is 1. The number of aliphatic hydroxyl groups is 1. The van der Waals surface area contributed by atoms with Gasteiger partial charge >= 0.3 is 0 Å². The van der Waals surface area contributed by atoms with E-state index in [-0.39, 0.29) is 24.3 Å². The second-order valence-corrected chi connectivity index (χ2v) is 11.6. The van der Waals surface area contributed by atoms with Crippen LogP contribution >= 0.6 is 0 Å². The number of rotatable bonds is 11. The number of nitrogens with zero attached hydrogens (tertiary/aromatic N) is 3. The number of likely N-dealkylation sites (tertiary alicyclic amines) is 1. The maximum atomic E-state index is 14.3. The number of aliphatic hydroxyl groups excluding tert-OH is 1. The van der Waals surface area contributed by atoms with Crippen LogP contribution in [0.1, 0.15) is 67.2 Å². The van der Waals surface area contributed by atoms with E-state index in [0.29, 0.717) is 38.9 Å². The van der Waals surface area contributed by atoms with E-state index in [9.17, 15) is 19.5 Å². The quantitative estimate of drug-likeness (QED) is 0.438. The predicted molar refractivity (Wildman–Crippen MR) is 139 cm³/mol. The topological polar surface area (TPSA) is 90.4 Å². The van der Waals surface area contributed by atoms with Crippen LogP contribution in [0.5, 0.6) is 0 Å². The van der Waals surface area contributed by atoms with Gasteiger partial charge in [-0.05, 0) is 53.4 Å². The minimum absolute atomic E-state index is 0.109. The Labute approximate surface area is 216 Å². The molecule has 0 aromatic heterocycles. The van der Waals surface area contributed by atoms with Gasteiger partial charge in [-0.2, -0.15) is 0 Å². The first-order chi connectivity index (χ1) is 16.9. The molecule has 3 amide bonds. The summed E-state index contributed by atoms with van der Waals surface area (Å²) in [6.45, 7) is 20.2. The van der Waals surface area contributed by atoms with Gasteiger partial charge in [-0.3, -0.25) is 14.4 Å². The Bertz CT molecular complexity index is 898. The summed E-state index contributed by atoms with van der Waals surface area (Å²) in [5.41, 5.74) is -2.42. The third-order valence-electron chi connectivity index (χ3n) is 8.40. The Kier molecular flexibility index (Phi) is 8.11. The van der Waals surface area contributed by atoms with Gasteiger partial charge in [-0.1, -0.05) is 26.0 Å². The summed E-state index contributed by atoms with van der Waals surface area (Å²) in [6, 6.07) is -1.51. The first-order valence-corrected chi connectivity index (χ1v) is 13.4. The molecule has 1 spiro atoms. The van der Waals surface area contributed by atoms with E-state index in [0.717, 1.165) is 6.42 Å². The maximum absolute atomic E-state index is 14.3. The molecule has 0 radical (unpaired) electrons. The van der Waals surface area contributed by atoms with Gasteiger partial charge in [0.05, 0.1) is 30.1 Å². The van der Waals surface area contributed by atoms with E-state index in [2.05, 4.69) is 13.2 Å². The zero-order chi connectivity index (χ0) is 27.1. The van der Waals surface area contributed by atoms with Crippen LogP contribution in [0.3, 0.4) is 0 Å². The average Bonchev–Trinajstić information content (AvgIpc) is 3.44. The molecule has 3 aliphatic rings. The van der Waals surface area contributed by atoms with Gasteiger partial charge in [0.25, 0.3) is 0 Å². The van der Waals surface area contributed by atoms with Crippen LogP contribution in [0.15, 0.2) is 25.3 Å². The zero-order valence-corrected chi connectivity index (χ0v) is 23.0. The molecule has 202 valence electrons. The van der Waals surface area contributed by atoms with Crippen molar-refractivity contribution in [3.05, 3.63) is 25.3 Å². The Hall–Kier alpha value is -2.19. The summed E-state index contributed by atoms with van der Waals surface area (Å²) < 4.78 is 6.84. The van der Waals surface area contributed by atoms with Crippen LogP contribution < -0.4 is 0 Å². The van der Waals surface area contributed by atoms with Crippen LogP contribution in [-0.2, 0) is 19.1 Å². The molecule has 0 aromatic carbocycles. The lowest BCUT2D eigenvalue weighted by Gasteiger charge is -2.43. The van der Waals surface area contributed by atoms with Gasteiger partial charge in [-0.25, -0.2) is 0 Å². The van der Waals surface area contributed by atoms with E-state index in [4.69, 9.17) is 4.74 Å². The first kappa shape index (κ1) is 28.4. The van der Waals surface area contributed by atoms with Crippen molar-refractivity contribution in [3.8, 4) is 0 Å². The highest BCUT2D eigenvalue weighted by Crippen LogP contribution is 2.65. The van der Waals surface area contributed by atoms with Gasteiger partial charge in [0.2, 0.25) is 17.7 Å². The van der Waals surface area contributed by atoms with Crippen molar-refractivity contribution >= 4 is 17.7 Å². The molecule has 3 rings (SSSR count). The number of carbonyl (C=O) groups excluding carboxylic acids is 3. The van der Waals surface area contributed by atoms with E-state index in [1.165, 1.54) is 4.90 Å². The molecule has 36 heavy (non-hydrogen) atoms. The van der Waals surface area contributed by atoms with Crippen LogP contribution in [0.2, 0.25) is 0 Å². The molecule has 0 saturated carbocycles. The smallest absolute Gasteiger partial charge is 0.249 e. The zero-order valence-electron chi connectivity index (χ0n) is 23.0. The number of fused-ring (bicyclic) bond motifs is 1.